The Bertz CT molecular complexity index is 1020. The Balaban J connectivity index is 1.87. The molecule has 0 heterocycles. The van der Waals surface area contributed by atoms with E-state index in [1.54, 1.807) is 18.2 Å². The molecule has 1 amide bonds. The van der Waals surface area contributed by atoms with Crippen LogP contribution in [0.4, 0.5) is 0 Å². The first-order valence-corrected chi connectivity index (χ1v) is 11.7. The van der Waals surface area contributed by atoms with E-state index in [1.165, 1.54) is 42.5 Å². The Hall–Kier alpha value is -2.49. The smallest absolute Gasteiger partial charge is 0.251 e. The number of carbonyl (C=O) groups excluding carboxylic acids is 1. The van der Waals surface area contributed by atoms with Gasteiger partial charge in [-0.15, -0.1) is 6.58 Å². The van der Waals surface area contributed by atoms with E-state index in [-0.39, 0.29) is 40.6 Å². The maximum absolute atomic E-state index is 12.2. The molecular formula is C19H22N2O5S2. The lowest BCUT2D eigenvalue weighted by atomic mass is 10.2. The number of hydrogen-bond acceptors (Lipinski definition) is 5. The van der Waals surface area contributed by atoms with Crippen LogP contribution in [0, 0.1) is 0 Å². The quantitative estimate of drug-likeness (QED) is 0.448. The van der Waals surface area contributed by atoms with Crippen molar-refractivity contribution in [2.45, 2.75) is 16.2 Å². The van der Waals surface area contributed by atoms with E-state index in [4.69, 9.17) is 0 Å². The van der Waals surface area contributed by atoms with Gasteiger partial charge < -0.3 is 5.32 Å². The van der Waals surface area contributed by atoms with Gasteiger partial charge in [0.25, 0.3) is 5.91 Å². The predicted octanol–water partition coefficient (Wildman–Crippen LogP) is 1.74. The summed E-state index contributed by atoms with van der Waals surface area (Å²) >= 11 is 0. The Kier molecular flexibility index (Phi) is 7.50. The molecule has 0 unspecified atom stereocenters. The molecule has 0 bridgehead atoms. The van der Waals surface area contributed by atoms with Crippen LogP contribution in [0.5, 0.6) is 0 Å². The van der Waals surface area contributed by atoms with Crippen LogP contribution in [-0.4, -0.2) is 41.6 Å². The molecule has 0 atom stereocenters. The van der Waals surface area contributed by atoms with Crippen molar-refractivity contribution < 1.29 is 21.6 Å². The summed E-state index contributed by atoms with van der Waals surface area (Å²) in [6.07, 6.45) is 1.69. The van der Waals surface area contributed by atoms with Gasteiger partial charge in [0, 0.05) is 18.7 Å². The van der Waals surface area contributed by atoms with Crippen LogP contribution in [0.3, 0.4) is 0 Å². The molecule has 7 nitrogen and oxygen atoms in total. The minimum atomic E-state index is -3.65. The van der Waals surface area contributed by atoms with Gasteiger partial charge in [-0.05, 0) is 42.8 Å². The molecule has 150 valence electrons. The van der Waals surface area contributed by atoms with Crippen LogP contribution >= 0.6 is 0 Å². The zero-order chi connectivity index (χ0) is 20.6. The van der Waals surface area contributed by atoms with Crippen molar-refractivity contribution in [1.29, 1.82) is 0 Å². The van der Waals surface area contributed by atoms with Gasteiger partial charge in [-0.2, -0.15) is 0 Å². The predicted molar refractivity (Wildman–Crippen MR) is 107 cm³/mol. The van der Waals surface area contributed by atoms with Crippen molar-refractivity contribution in [1.82, 2.24) is 10.0 Å². The molecule has 0 saturated heterocycles. The van der Waals surface area contributed by atoms with E-state index in [2.05, 4.69) is 16.6 Å². The molecule has 0 spiro atoms. The van der Waals surface area contributed by atoms with Crippen molar-refractivity contribution in [2.24, 2.45) is 0 Å². The standard InChI is InChI=1S/C19H22N2O5S2/c1-2-13-21-28(25,26)18-11-9-16(10-12-18)19(22)20-14-6-15-27(23,24)17-7-4-3-5-8-17/h2-5,7-12,21H,1,6,13-15H2,(H,20,22). The van der Waals surface area contributed by atoms with Crippen molar-refractivity contribution in [2.75, 3.05) is 18.8 Å². The largest absolute Gasteiger partial charge is 0.352 e. The monoisotopic (exact) mass is 422 g/mol. The average Bonchev–Trinajstić information content (AvgIpc) is 2.70. The summed E-state index contributed by atoms with van der Waals surface area (Å²) < 4.78 is 50.6. The summed E-state index contributed by atoms with van der Waals surface area (Å²) in [5.41, 5.74) is 0.286. The van der Waals surface area contributed by atoms with Crippen LogP contribution in [0.2, 0.25) is 0 Å². The van der Waals surface area contributed by atoms with Crippen LogP contribution in [0.15, 0.2) is 77.0 Å². The first-order chi connectivity index (χ1) is 13.3. The van der Waals surface area contributed by atoms with Gasteiger partial charge >= 0.3 is 0 Å². The number of amides is 1. The molecule has 0 aliphatic rings. The van der Waals surface area contributed by atoms with E-state index in [9.17, 15) is 21.6 Å². The molecule has 9 heteroatoms. The molecule has 0 aliphatic heterocycles. The molecular weight excluding hydrogens is 400 g/mol. The van der Waals surface area contributed by atoms with E-state index in [0.29, 0.717) is 0 Å². The number of sulfone groups is 1. The lowest BCUT2D eigenvalue weighted by Gasteiger charge is -2.08. The fourth-order valence-corrected chi connectivity index (χ4v) is 4.68. The molecule has 2 N–H and O–H groups in total. The first-order valence-electron chi connectivity index (χ1n) is 8.53. The van der Waals surface area contributed by atoms with Crippen LogP contribution in [0.25, 0.3) is 0 Å². The minimum Gasteiger partial charge on any atom is -0.352 e. The van der Waals surface area contributed by atoms with Crippen molar-refractivity contribution >= 4 is 25.8 Å². The van der Waals surface area contributed by atoms with Crippen LogP contribution in [0.1, 0.15) is 16.8 Å². The van der Waals surface area contributed by atoms with Crippen LogP contribution in [-0.2, 0) is 19.9 Å². The molecule has 0 saturated carbocycles. The lowest BCUT2D eigenvalue weighted by molar-refractivity contribution is 0.0953. The third-order valence-corrected chi connectivity index (χ3v) is 7.08. The molecule has 2 aromatic rings. The Morgan fingerprint density at radius 2 is 1.57 bits per heavy atom. The van der Waals surface area contributed by atoms with Crippen molar-refractivity contribution in [3.63, 3.8) is 0 Å². The normalized spacial score (nSPS) is 11.7. The number of sulfonamides is 1. The molecule has 2 rings (SSSR count). The van der Waals surface area contributed by atoms with E-state index >= 15 is 0 Å². The van der Waals surface area contributed by atoms with Gasteiger partial charge in [0.15, 0.2) is 9.84 Å². The summed E-state index contributed by atoms with van der Waals surface area (Å²) in [5.74, 6) is -0.483. The Morgan fingerprint density at radius 1 is 0.929 bits per heavy atom. The second-order valence-electron chi connectivity index (χ2n) is 5.91. The third kappa shape index (κ3) is 6.01. The molecule has 0 aliphatic carbocycles. The maximum atomic E-state index is 12.2. The summed E-state index contributed by atoms with van der Waals surface area (Å²) in [7, 11) is -7.03. The summed E-state index contributed by atoms with van der Waals surface area (Å²) in [4.78, 5) is 12.4. The number of nitrogens with one attached hydrogen (secondary N) is 2. The highest BCUT2D eigenvalue weighted by molar-refractivity contribution is 7.91. The summed E-state index contributed by atoms with van der Waals surface area (Å²) in [6, 6.07) is 13.6. The van der Waals surface area contributed by atoms with Gasteiger partial charge in [0.1, 0.15) is 0 Å². The number of rotatable bonds is 10. The van der Waals surface area contributed by atoms with Gasteiger partial charge in [-0.1, -0.05) is 24.3 Å². The highest BCUT2D eigenvalue weighted by atomic mass is 32.2. The summed E-state index contributed by atoms with van der Waals surface area (Å²) in [5, 5.41) is 2.63. The Labute approximate surface area is 165 Å². The minimum absolute atomic E-state index is 0.0415. The molecule has 2 aromatic carbocycles. The maximum Gasteiger partial charge on any atom is 0.251 e. The third-order valence-electron chi connectivity index (χ3n) is 3.82. The lowest BCUT2D eigenvalue weighted by Crippen LogP contribution is -2.26. The SMILES string of the molecule is C=CCNS(=O)(=O)c1ccc(C(=O)NCCCS(=O)(=O)c2ccccc2)cc1. The fourth-order valence-electron chi connectivity index (χ4n) is 2.35. The molecule has 0 aromatic heterocycles. The number of carbonyl (C=O) groups is 1. The van der Waals surface area contributed by atoms with Gasteiger partial charge in [-0.25, -0.2) is 21.6 Å². The summed E-state index contributed by atoms with van der Waals surface area (Å²) in [6.45, 7) is 3.74. The zero-order valence-corrected chi connectivity index (χ0v) is 16.8. The highest BCUT2D eigenvalue weighted by Crippen LogP contribution is 2.12. The van der Waals surface area contributed by atoms with E-state index in [1.807, 2.05) is 0 Å². The van der Waals surface area contributed by atoms with E-state index < -0.39 is 25.8 Å². The second-order valence-corrected chi connectivity index (χ2v) is 9.78. The first kappa shape index (κ1) is 21.8. The molecule has 28 heavy (non-hydrogen) atoms. The van der Waals surface area contributed by atoms with Gasteiger partial charge in [-0.3, -0.25) is 4.79 Å². The average molecular weight is 423 g/mol. The number of hydrogen-bond donors (Lipinski definition) is 2. The van der Waals surface area contributed by atoms with Crippen molar-refractivity contribution in [3.05, 3.63) is 72.8 Å². The highest BCUT2D eigenvalue weighted by Gasteiger charge is 2.15. The van der Waals surface area contributed by atoms with Gasteiger partial charge in [0.2, 0.25) is 10.0 Å². The van der Waals surface area contributed by atoms with Crippen molar-refractivity contribution in [3.8, 4) is 0 Å². The second kappa shape index (κ2) is 9.63. The van der Waals surface area contributed by atoms with E-state index in [0.717, 1.165) is 0 Å². The Morgan fingerprint density at radius 3 is 2.18 bits per heavy atom. The van der Waals surface area contributed by atoms with Gasteiger partial charge in [0.05, 0.1) is 15.5 Å². The van der Waals surface area contributed by atoms with Crippen LogP contribution < -0.4 is 10.0 Å². The zero-order valence-electron chi connectivity index (χ0n) is 15.2. The topological polar surface area (TPSA) is 109 Å². The number of benzene rings is 2. The fraction of sp³-hybridized carbons (Fsp3) is 0.211. The molecule has 0 fully saturated rings. The molecule has 0 radical (unpaired) electrons.